The van der Waals surface area contributed by atoms with Crippen LogP contribution in [-0.2, 0) is 11.3 Å². The van der Waals surface area contributed by atoms with E-state index in [0.29, 0.717) is 12.0 Å². The first-order valence-electron chi connectivity index (χ1n) is 7.16. The van der Waals surface area contributed by atoms with E-state index in [1.165, 1.54) is 5.06 Å². The van der Waals surface area contributed by atoms with Gasteiger partial charge >= 0.3 is 6.11 Å². The molecular formula is C17H15F2NO. The van der Waals surface area contributed by atoms with Gasteiger partial charge in [0.05, 0.1) is 11.7 Å². The molecule has 0 N–H and O–H groups in total. The molecule has 2 heterocycles. The van der Waals surface area contributed by atoms with Crippen molar-refractivity contribution in [3.8, 4) is 0 Å². The highest BCUT2D eigenvalue weighted by molar-refractivity contribution is 5.56. The second kappa shape index (κ2) is 4.53. The van der Waals surface area contributed by atoms with Gasteiger partial charge in [0.25, 0.3) is 0 Å². The van der Waals surface area contributed by atoms with Crippen molar-refractivity contribution in [2.75, 3.05) is 5.06 Å². The molecule has 2 aromatic rings. The SMILES string of the molecule is FC1(F)ON2c3ccccc3CC[C@@H]2[C@H]1c1ccccc1. The van der Waals surface area contributed by atoms with Crippen LogP contribution < -0.4 is 5.06 Å². The summed E-state index contributed by atoms with van der Waals surface area (Å²) >= 11 is 0. The molecule has 0 unspecified atom stereocenters. The first-order valence-corrected chi connectivity index (χ1v) is 7.16. The van der Waals surface area contributed by atoms with Crippen molar-refractivity contribution >= 4 is 5.69 Å². The van der Waals surface area contributed by atoms with Gasteiger partial charge in [-0.2, -0.15) is 8.78 Å². The topological polar surface area (TPSA) is 12.5 Å². The van der Waals surface area contributed by atoms with Gasteiger partial charge in [-0.3, -0.25) is 0 Å². The van der Waals surface area contributed by atoms with E-state index in [1.54, 1.807) is 24.3 Å². The molecule has 0 radical (unpaired) electrons. The van der Waals surface area contributed by atoms with Crippen LogP contribution in [0.5, 0.6) is 0 Å². The molecular weight excluding hydrogens is 272 g/mol. The molecule has 0 spiro atoms. The van der Waals surface area contributed by atoms with E-state index in [9.17, 15) is 8.78 Å². The van der Waals surface area contributed by atoms with Crippen LogP contribution in [-0.4, -0.2) is 12.2 Å². The number of alkyl halides is 2. The van der Waals surface area contributed by atoms with Gasteiger partial charge in [0, 0.05) is 0 Å². The lowest BCUT2D eigenvalue weighted by atomic mass is 9.85. The van der Waals surface area contributed by atoms with Crippen molar-refractivity contribution in [2.24, 2.45) is 0 Å². The molecule has 4 heteroatoms. The van der Waals surface area contributed by atoms with Gasteiger partial charge < -0.3 is 0 Å². The van der Waals surface area contributed by atoms with E-state index in [2.05, 4.69) is 0 Å². The van der Waals surface area contributed by atoms with Crippen molar-refractivity contribution in [1.29, 1.82) is 0 Å². The Morgan fingerprint density at radius 3 is 2.52 bits per heavy atom. The number of hydrogen-bond donors (Lipinski definition) is 0. The number of rotatable bonds is 1. The maximum atomic E-state index is 14.4. The molecule has 2 nitrogen and oxygen atoms in total. The van der Waals surface area contributed by atoms with Gasteiger partial charge in [0.2, 0.25) is 0 Å². The molecule has 0 saturated carbocycles. The van der Waals surface area contributed by atoms with E-state index >= 15 is 0 Å². The Morgan fingerprint density at radius 1 is 1.00 bits per heavy atom. The van der Waals surface area contributed by atoms with Crippen molar-refractivity contribution in [1.82, 2.24) is 0 Å². The number of anilines is 1. The Balaban J connectivity index is 1.78. The number of hydroxylamine groups is 1. The quantitative estimate of drug-likeness (QED) is 0.782. The van der Waals surface area contributed by atoms with Crippen molar-refractivity contribution in [2.45, 2.75) is 30.9 Å². The molecule has 2 aliphatic rings. The summed E-state index contributed by atoms with van der Waals surface area (Å²) in [7, 11) is 0. The molecule has 2 aliphatic heterocycles. The van der Waals surface area contributed by atoms with E-state index in [1.807, 2.05) is 30.3 Å². The van der Waals surface area contributed by atoms with Gasteiger partial charge in [0.15, 0.2) is 0 Å². The Morgan fingerprint density at radius 2 is 1.71 bits per heavy atom. The summed E-state index contributed by atoms with van der Waals surface area (Å²) in [6.45, 7) is 0. The van der Waals surface area contributed by atoms with Gasteiger partial charge in [-0.25, -0.2) is 9.90 Å². The summed E-state index contributed by atoms with van der Waals surface area (Å²) < 4.78 is 28.9. The first-order chi connectivity index (χ1) is 10.2. The second-order valence-corrected chi connectivity index (χ2v) is 5.60. The lowest BCUT2D eigenvalue weighted by molar-refractivity contribution is -0.222. The summed E-state index contributed by atoms with van der Waals surface area (Å²) in [5.74, 6) is -0.924. The minimum atomic E-state index is -3.18. The zero-order chi connectivity index (χ0) is 14.4. The molecule has 0 amide bonds. The van der Waals surface area contributed by atoms with Gasteiger partial charge in [-0.15, -0.1) is 0 Å². The van der Waals surface area contributed by atoms with Crippen LogP contribution in [0, 0.1) is 0 Å². The summed E-state index contributed by atoms with van der Waals surface area (Å²) in [5.41, 5.74) is 2.47. The van der Waals surface area contributed by atoms with E-state index in [0.717, 1.165) is 17.7 Å². The molecule has 2 aromatic carbocycles. The van der Waals surface area contributed by atoms with Crippen LogP contribution in [0.4, 0.5) is 14.5 Å². The maximum Gasteiger partial charge on any atom is 0.384 e. The fourth-order valence-electron chi connectivity index (χ4n) is 3.44. The Hall–Kier alpha value is -1.94. The number of aryl methyl sites for hydroxylation is 1. The largest absolute Gasteiger partial charge is 0.384 e. The molecule has 0 aliphatic carbocycles. The van der Waals surface area contributed by atoms with E-state index < -0.39 is 12.0 Å². The lowest BCUT2D eigenvalue weighted by Gasteiger charge is -2.32. The van der Waals surface area contributed by atoms with Gasteiger partial charge in [-0.1, -0.05) is 48.5 Å². The van der Waals surface area contributed by atoms with Crippen LogP contribution in [0.2, 0.25) is 0 Å². The zero-order valence-corrected chi connectivity index (χ0v) is 11.4. The number of fused-ring (bicyclic) bond motifs is 3. The normalized spacial score (nSPS) is 26.3. The van der Waals surface area contributed by atoms with Gasteiger partial charge in [-0.05, 0) is 30.0 Å². The Kier molecular flexibility index (Phi) is 2.76. The predicted octanol–water partition coefficient (Wildman–Crippen LogP) is 4.13. The molecule has 2 atom stereocenters. The molecule has 21 heavy (non-hydrogen) atoms. The predicted molar refractivity (Wildman–Crippen MR) is 76.2 cm³/mol. The van der Waals surface area contributed by atoms with Crippen LogP contribution in [0.15, 0.2) is 54.6 Å². The summed E-state index contributed by atoms with van der Waals surface area (Å²) in [6, 6.07) is 16.2. The second-order valence-electron chi connectivity index (χ2n) is 5.60. The monoisotopic (exact) mass is 287 g/mol. The van der Waals surface area contributed by atoms with Crippen LogP contribution in [0.3, 0.4) is 0 Å². The highest BCUT2D eigenvalue weighted by atomic mass is 19.3. The van der Waals surface area contributed by atoms with Crippen LogP contribution >= 0.6 is 0 Å². The Labute approximate surface area is 121 Å². The fraction of sp³-hybridized carbons (Fsp3) is 0.294. The minimum absolute atomic E-state index is 0.322. The summed E-state index contributed by atoms with van der Waals surface area (Å²) in [6.07, 6.45) is -1.70. The number of nitrogens with zero attached hydrogens (tertiary/aromatic N) is 1. The minimum Gasteiger partial charge on any atom is -0.244 e. The molecule has 1 saturated heterocycles. The van der Waals surface area contributed by atoms with Crippen molar-refractivity contribution in [3.63, 3.8) is 0 Å². The number of para-hydroxylation sites is 1. The first kappa shape index (κ1) is 12.8. The maximum absolute atomic E-state index is 14.4. The molecule has 108 valence electrons. The van der Waals surface area contributed by atoms with E-state index in [4.69, 9.17) is 4.84 Å². The highest BCUT2D eigenvalue weighted by Crippen LogP contribution is 2.51. The van der Waals surface area contributed by atoms with Gasteiger partial charge in [0.1, 0.15) is 5.92 Å². The average molecular weight is 287 g/mol. The molecule has 1 fully saturated rings. The number of halogens is 2. The highest BCUT2D eigenvalue weighted by Gasteiger charge is 2.58. The fourth-order valence-corrected chi connectivity index (χ4v) is 3.44. The molecule has 0 bridgehead atoms. The van der Waals surface area contributed by atoms with Crippen molar-refractivity contribution in [3.05, 3.63) is 65.7 Å². The van der Waals surface area contributed by atoms with Crippen molar-refractivity contribution < 1.29 is 13.6 Å². The third-order valence-corrected chi connectivity index (χ3v) is 4.37. The lowest BCUT2D eigenvalue weighted by Crippen LogP contribution is -2.35. The average Bonchev–Trinajstić information content (AvgIpc) is 2.78. The van der Waals surface area contributed by atoms with E-state index in [-0.39, 0.29) is 6.04 Å². The third kappa shape index (κ3) is 1.94. The zero-order valence-electron chi connectivity index (χ0n) is 11.4. The standard InChI is InChI=1S/C17H15F2NO/c18-17(19)16(13-7-2-1-3-8-13)15-11-10-12-6-4-5-9-14(12)20(15)21-17/h1-9,15-16H,10-11H2/t15-,16-/m1/s1. The molecule has 4 rings (SSSR count). The summed E-state index contributed by atoms with van der Waals surface area (Å²) in [4.78, 5) is 5.05. The summed E-state index contributed by atoms with van der Waals surface area (Å²) in [5, 5.41) is 1.43. The van der Waals surface area contributed by atoms with Crippen LogP contribution in [0.1, 0.15) is 23.5 Å². The number of hydrogen-bond acceptors (Lipinski definition) is 2. The van der Waals surface area contributed by atoms with Crippen LogP contribution in [0.25, 0.3) is 0 Å². The smallest absolute Gasteiger partial charge is 0.244 e. The molecule has 0 aromatic heterocycles. The number of benzene rings is 2. The third-order valence-electron chi connectivity index (χ3n) is 4.37. The Bertz CT molecular complexity index is 659.